The van der Waals surface area contributed by atoms with Gasteiger partial charge in [-0.1, -0.05) is 13.8 Å². The van der Waals surface area contributed by atoms with Gasteiger partial charge in [0.25, 0.3) is 0 Å². The normalized spacial score (nSPS) is 15.0. The first-order valence-corrected chi connectivity index (χ1v) is 9.53. The maximum Gasteiger partial charge on any atom is 0.328 e. The second-order valence-electron chi connectivity index (χ2n) is 7.36. The Morgan fingerprint density at radius 1 is 1.10 bits per heavy atom. The van der Waals surface area contributed by atoms with Crippen molar-refractivity contribution in [2.75, 3.05) is 6.54 Å². The Morgan fingerprint density at radius 2 is 1.73 bits per heavy atom. The molecule has 30 heavy (non-hydrogen) atoms. The van der Waals surface area contributed by atoms with Gasteiger partial charge in [-0.05, 0) is 19.3 Å². The molecule has 12 heteroatoms. The minimum atomic E-state index is -1.55. The molecule has 0 saturated heterocycles. The highest BCUT2D eigenvalue weighted by molar-refractivity contribution is 5.93. The first kappa shape index (κ1) is 25.0. The van der Waals surface area contributed by atoms with Gasteiger partial charge in [0, 0.05) is 18.3 Å². The Morgan fingerprint density at radius 3 is 2.20 bits per heavy atom. The van der Waals surface area contributed by atoms with E-state index < -0.39 is 47.9 Å². The van der Waals surface area contributed by atoms with Gasteiger partial charge in [0.1, 0.15) is 12.1 Å². The Kier molecular flexibility index (Phi) is 9.92. The van der Waals surface area contributed by atoms with E-state index >= 15 is 0 Å². The minimum Gasteiger partial charge on any atom is -0.480 e. The van der Waals surface area contributed by atoms with Crippen molar-refractivity contribution in [2.24, 2.45) is 11.7 Å². The molecule has 12 nitrogen and oxygen atoms in total. The number of aromatic amines is 1. The zero-order chi connectivity index (χ0) is 22.8. The standard InChI is InChI=1S/C18H30N6O6/c1-9(2)4-12(22-14(26)6-19)16(27)23-13(5-11-7-20-8-21-11)17(28)24-15(10(3)25)18(29)30/h7-10,12-13,15,25H,4-6,19H2,1-3H3,(H,20,21)(H,22,26)(H,23,27)(H,24,28)(H,29,30). The molecule has 4 atom stereocenters. The number of carboxylic acids is 1. The Bertz CT molecular complexity index is 721. The third-order valence-electron chi connectivity index (χ3n) is 4.20. The summed E-state index contributed by atoms with van der Waals surface area (Å²) in [6.07, 6.45) is 1.79. The summed E-state index contributed by atoms with van der Waals surface area (Å²) in [5, 5.41) is 26.1. The van der Waals surface area contributed by atoms with E-state index in [1.807, 2.05) is 13.8 Å². The maximum atomic E-state index is 12.8. The summed E-state index contributed by atoms with van der Waals surface area (Å²) in [5.74, 6) is -3.30. The summed E-state index contributed by atoms with van der Waals surface area (Å²) in [5.41, 5.74) is 5.82. The first-order valence-electron chi connectivity index (χ1n) is 9.53. The van der Waals surface area contributed by atoms with Crippen molar-refractivity contribution in [3.05, 3.63) is 18.2 Å². The largest absolute Gasteiger partial charge is 0.480 e. The molecule has 4 unspecified atom stereocenters. The summed E-state index contributed by atoms with van der Waals surface area (Å²) in [4.78, 5) is 55.1. The summed E-state index contributed by atoms with van der Waals surface area (Å²) in [6.45, 7) is 4.66. The Balaban J connectivity index is 3.02. The molecule has 8 N–H and O–H groups in total. The molecular weight excluding hydrogens is 396 g/mol. The van der Waals surface area contributed by atoms with Crippen LogP contribution in [0.1, 0.15) is 32.9 Å². The average Bonchev–Trinajstić information content (AvgIpc) is 3.16. The molecule has 1 heterocycles. The SMILES string of the molecule is CC(C)CC(NC(=O)CN)C(=O)NC(Cc1cnc[nH]1)C(=O)NC(C(=O)O)C(C)O. The third kappa shape index (κ3) is 8.17. The number of H-pyrrole nitrogens is 1. The monoisotopic (exact) mass is 426 g/mol. The third-order valence-corrected chi connectivity index (χ3v) is 4.20. The van der Waals surface area contributed by atoms with E-state index in [9.17, 15) is 29.4 Å². The van der Waals surface area contributed by atoms with Gasteiger partial charge in [-0.2, -0.15) is 0 Å². The van der Waals surface area contributed by atoms with Crippen molar-refractivity contribution < 1.29 is 29.4 Å². The number of nitrogens with one attached hydrogen (secondary N) is 4. The maximum absolute atomic E-state index is 12.8. The summed E-state index contributed by atoms with van der Waals surface area (Å²) >= 11 is 0. The second-order valence-corrected chi connectivity index (χ2v) is 7.36. The highest BCUT2D eigenvalue weighted by Gasteiger charge is 2.31. The lowest BCUT2D eigenvalue weighted by Crippen LogP contribution is -2.58. The van der Waals surface area contributed by atoms with Crippen molar-refractivity contribution in [3.8, 4) is 0 Å². The van der Waals surface area contributed by atoms with Crippen LogP contribution in [0.25, 0.3) is 0 Å². The highest BCUT2D eigenvalue weighted by atomic mass is 16.4. The van der Waals surface area contributed by atoms with Crippen LogP contribution in [-0.2, 0) is 25.6 Å². The van der Waals surface area contributed by atoms with Crippen molar-refractivity contribution in [3.63, 3.8) is 0 Å². The van der Waals surface area contributed by atoms with E-state index in [1.54, 1.807) is 0 Å². The molecule has 0 bridgehead atoms. The van der Waals surface area contributed by atoms with E-state index in [-0.39, 0.29) is 18.9 Å². The van der Waals surface area contributed by atoms with Gasteiger partial charge in [0.15, 0.2) is 6.04 Å². The number of aromatic nitrogens is 2. The highest BCUT2D eigenvalue weighted by Crippen LogP contribution is 2.07. The van der Waals surface area contributed by atoms with Gasteiger partial charge in [0.05, 0.1) is 19.0 Å². The fraction of sp³-hybridized carbons (Fsp3) is 0.611. The van der Waals surface area contributed by atoms with E-state index in [4.69, 9.17) is 5.73 Å². The van der Waals surface area contributed by atoms with Crippen LogP contribution in [0.2, 0.25) is 0 Å². The molecule has 0 aliphatic heterocycles. The second kappa shape index (κ2) is 11.9. The van der Waals surface area contributed by atoms with Crippen LogP contribution < -0.4 is 21.7 Å². The zero-order valence-corrected chi connectivity index (χ0v) is 17.2. The Hall–Kier alpha value is -2.99. The van der Waals surface area contributed by atoms with Crippen LogP contribution >= 0.6 is 0 Å². The number of imidazole rings is 1. The molecule has 1 rings (SSSR count). The number of aliphatic hydroxyl groups excluding tert-OH is 1. The lowest BCUT2D eigenvalue weighted by atomic mass is 10.0. The summed E-state index contributed by atoms with van der Waals surface area (Å²) < 4.78 is 0. The lowest BCUT2D eigenvalue weighted by Gasteiger charge is -2.25. The number of carbonyl (C=O) groups is 4. The topological polar surface area (TPSA) is 200 Å². The van der Waals surface area contributed by atoms with Crippen molar-refractivity contribution in [1.82, 2.24) is 25.9 Å². The molecule has 0 spiro atoms. The molecule has 0 aliphatic carbocycles. The molecule has 0 saturated carbocycles. The summed E-state index contributed by atoms with van der Waals surface area (Å²) in [6, 6.07) is -3.66. The minimum absolute atomic E-state index is 0.0110. The molecule has 0 fully saturated rings. The van der Waals surface area contributed by atoms with Gasteiger partial charge in [-0.3, -0.25) is 14.4 Å². The molecule has 1 aromatic heterocycles. The number of rotatable bonds is 12. The van der Waals surface area contributed by atoms with E-state index in [0.717, 1.165) is 0 Å². The number of hydrogen-bond acceptors (Lipinski definition) is 7. The van der Waals surface area contributed by atoms with E-state index in [1.165, 1.54) is 19.4 Å². The number of aliphatic carboxylic acids is 1. The predicted molar refractivity (Wildman–Crippen MR) is 106 cm³/mol. The number of aliphatic hydroxyl groups is 1. The van der Waals surface area contributed by atoms with Crippen LogP contribution in [-0.4, -0.2) is 74.6 Å². The number of carboxylic acid groups (broad SMARTS) is 1. The smallest absolute Gasteiger partial charge is 0.328 e. The molecule has 0 radical (unpaired) electrons. The van der Waals surface area contributed by atoms with Gasteiger partial charge < -0.3 is 36.9 Å². The number of carbonyl (C=O) groups excluding carboxylic acids is 3. The molecular formula is C18H30N6O6. The lowest BCUT2D eigenvalue weighted by molar-refractivity contribution is -0.145. The number of nitrogens with two attached hydrogens (primary N) is 1. The van der Waals surface area contributed by atoms with Gasteiger partial charge in [0.2, 0.25) is 17.7 Å². The molecule has 0 aliphatic rings. The van der Waals surface area contributed by atoms with Crippen LogP contribution in [0.15, 0.2) is 12.5 Å². The van der Waals surface area contributed by atoms with Gasteiger partial charge in [-0.15, -0.1) is 0 Å². The van der Waals surface area contributed by atoms with Crippen LogP contribution in [0.5, 0.6) is 0 Å². The number of amides is 3. The van der Waals surface area contributed by atoms with Gasteiger partial charge in [-0.25, -0.2) is 9.78 Å². The average molecular weight is 426 g/mol. The van der Waals surface area contributed by atoms with E-state index in [2.05, 4.69) is 25.9 Å². The summed E-state index contributed by atoms with van der Waals surface area (Å²) in [7, 11) is 0. The molecule has 3 amide bonds. The quantitative estimate of drug-likeness (QED) is 0.196. The molecule has 0 aromatic carbocycles. The van der Waals surface area contributed by atoms with Crippen molar-refractivity contribution in [1.29, 1.82) is 0 Å². The molecule has 168 valence electrons. The van der Waals surface area contributed by atoms with Crippen LogP contribution in [0.4, 0.5) is 0 Å². The zero-order valence-electron chi connectivity index (χ0n) is 17.2. The van der Waals surface area contributed by atoms with Crippen LogP contribution in [0, 0.1) is 5.92 Å². The number of nitrogens with zero attached hydrogens (tertiary/aromatic N) is 1. The van der Waals surface area contributed by atoms with Crippen molar-refractivity contribution in [2.45, 2.75) is 57.8 Å². The van der Waals surface area contributed by atoms with Gasteiger partial charge >= 0.3 is 5.97 Å². The predicted octanol–water partition coefficient (Wildman–Crippen LogP) is -2.12. The first-order chi connectivity index (χ1) is 14.0. The Labute approximate surface area is 174 Å². The fourth-order valence-electron chi connectivity index (χ4n) is 2.70. The van der Waals surface area contributed by atoms with E-state index in [0.29, 0.717) is 12.1 Å². The molecule has 1 aromatic rings. The fourth-order valence-corrected chi connectivity index (χ4v) is 2.70. The van der Waals surface area contributed by atoms with Crippen molar-refractivity contribution >= 4 is 23.7 Å². The number of hydrogen-bond donors (Lipinski definition) is 7. The van der Waals surface area contributed by atoms with Crippen LogP contribution in [0.3, 0.4) is 0 Å².